The van der Waals surface area contributed by atoms with Gasteiger partial charge < -0.3 is 4.90 Å². The number of thiophene rings is 1. The Labute approximate surface area is 77.4 Å². The molecule has 11 heavy (non-hydrogen) atoms. The molecular weight excluding hydrogens is 174 g/mol. The van der Waals surface area contributed by atoms with Gasteiger partial charge in [-0.25, -0.2) is 0 Å². The zero-order valence-corrected chi connectivity index (χ0v) is 8.58. The molecule has 0 amide bonds. The van der Waals surface area contributed by atoms with E-state index < -0.39 is 0 Å². The standard InChI is InChI=1S/C8H13NS2/c1-9(2)4-8-3-7(5-10)6-11-8/h3,6,10H,4-5H2,1-2H3. The third kappa shape index (κ3) is 2.85. The third-order valence-corrected chi connectivity index (χ3v) is 2.70. The topological polar surface area (TPSA) is 3.24 Å². The average molecular weight is 187 g/mol. The molecule has 62 valence electrons. The predicted octanol–water partition coefficient (Wildman–Crippen LogP) is 2.24. The Morgan fingerprint density at radius 3 is 2.73 bits per heavy atom. The molecule has 0 bridgehead atoms. The van der Waals surface area contributed by atoms with E-state index in [-0.39, 0.29) is 0 Å². The molecule has 1 rings (SSSR count). The summed E-state index contributed by atoms with van der Waals surface area (Å²) in [6, 6.07) is 2.22. The molecule has 3 heteroatoms. The summed E-state index contributed by atoms with van der Waals surface area (Å²) in [5, 5.41) is 2.17. The van der Waals surface area contributed by atoms with Crippen molar-refractivity contribution in [2.24, 2.45) is 0 Å². The van der Waals surface area contributed by atoms with Crippen LogP contribution < -0.4 is 0 Å². The summed E-state index contributed by atoms with van der Waals surface area (Å²) < 4.78 is 0. The summed E-state index contributed by atoms with van der Waals surface area (Å²) in [5.74, 6) is 0.851. The molecule has 0 spiro atoms. The van der Waals surface area contributed by atoms with E-state index in [9.17, 15) is 0 Å². The first kappa shape index (κ1) is 9.10. The maximum Gasteiger partial charge on any atom is 0.0321 e. The fourth-order valence-electron chi connectivity index (χ4n) is 0.904. The highest BCUT2D eigenvalue weighted by Gasteiger charge is 1.98. The van der Waals surface area contributed by atoms with Gasteiger partial charge in [-0.1, -0.05) is 0 Å². The van der Waals surface area contributed by atoms with Crippen molar-refractivity contribution in [3.8, 4) is 0 Å². The van der Waals surface area contributed by atoms with Crippen LogP contribution in [-0.4, -0.2) is 19.0 Å². The zero-order chi connectivity index (χ0) is 8.27. The van der Waals surface area contributed by atoms with E-state index in [2.05, 4.69) is 43.1 Å². The van der Waals surface area contributed by atoms with Gasteiger partial charge in [-0.05, 0) is 31.1 Å². The van der Waals surface area contributed by atoms with Gasteiger partial charge in [0.2, 0.25) is 0 Å². The second-order valence-electron chi connectivity index (χ2n) is 2.82. The minimum Gasteiger partial charge on any atom is -0.304 e. The molecule has 0 saturated carbocycles. The van der Waals surface area contributed by atoms with Crippen LogP contribution in [0.25, 0.3) is 0 Å². The van der Waals surface area contributed by atoms with Crippen molar-refractivity contribution in [2.75, 3.05) is 14.1 Å². The van der Waals surface area contributed by atoms with E-state index in [1.807, 2.05) is 11.3 Å². The minimum absolute atomic E-state index is 0.851. The highest BCUT2D eigenvalue weighted by Crippen LogP contribution is 2.16. The van der Waals surface area contributed by atoms with Crippen LogP contribution in [0.4, 0.5) is 0 Å². The van der Waals surface area contributed by atoms with Crippen molar-refractivity contribution < 1.29 is 0 Å². The summed E-state index contributed by atoms with van der Waals surface area (Å²) in [7, 11) is 4.17. The molecule has 0 saturated heterocycles. The summed E-state index contributed by atoms with van der Waals surface area (Å²) in [5.41, 5.74) is 1.33. The molecule has 0 aliphatic heterocycles. The second-order valence-corrected chi connectivity index (χ2v) is 4.13. The van der Waals surface area contributed by atoms with Crippen LogP contribution >= 0.6 is 24.0 Å². The van der Waals surface area contributed by atoms with Crippen molar-refractivity contribution in [3.63, 3.8) is 0 Å². The first-order valence-electron chi connectivity index (χ1n) is 3.54. The van der Waals surface area contributed by atoms with Crippen molar-refractivity contribution in [1.82, 2.24) is 4.90 Å². The lowest BCUT2D eigenvalue weighted by molar-refractivity contribution is 0.406. The molecule has 1 aromatic heterocycles. The highest BCUT2D eigenvalue weighted by molar-refractivity contribution is 7.79. The highest BCUT2D eigenvalue weighted by atomic mass is 32.1. The number of hydrogen-bond acceptors (Lipinski definition) is 3. The molecule has 0 fully saturated rings. The lowest BCUT2D eigenvalue weighted by atomic mass is 10.3. The van der Waals surface area contributed by atoms with E-state index in [0.29, 0.717) is 0 Å². The van der Waals surface area contributed by atoms with E-state index in [1.165, 1.54) is 10.4 Å². The van der Waals surface area contributed by atoms with Gasteiger partial charge in [0.1, 0.15) is 0 Å². The molecule has 0 aliphatic carbocycles. The van der Waals surface area contributed by atoms with Gasteiger partial charge in [-0.3, -0.25) is 0 Å². The maximum atomic E-state index is 4.21. The van der Waals surface area contributed by atoms with Gasteiger partial charge >= 0.3 is 0 Å². The first-order chi connectivity index (χ1) is 5.22. The fourth-order valence-corrected chi connectivity index (χ4v) is 2.22. The Morgan fingerprint density at radius 1 is 1.55 bits per heavy atom. The van der Waals surface area contributed by atoms with Crippen LogP contribution in [-0.2, 0) is 12.3 Å². The van der Waals surface area contributed by atoms with Gasteiger partial charge in [0.25, 0.3) is 0 Å². The van der Waals surface area contributed by atoms with Crippen LogP contribution in [0.3, 0.4) is 0 Å². The molecule has 0 aliphatic rings. The van der Waals surface area contributed by atoms with Crippen molar-refractivity contribution >= 4 is 24.0 Å². The number of nitrogens with zero attached hydrogens (tertiary/aromatic N) is 1. The molecular formula is C8H13NS2. The minimum atomic E-state index is 0.851. The van der Waals surface area contributed by atoms with Gasteiger partial charge in [0, 0.05) is 17.2 Å². The van der Waals surface area contributed by atoms with E-state index >= 15 is 0 Å². The summed E-state index contributed by atoms with van der Waals surface area (Å²) in [4.78, 5) is 3.59. The SMILES string of the molecule is CN(C)Cc1cc(CS)cs1. The number of hydrogen-bond donors (Lipinski definition) is 1. The summed E-state index contributed by atoms with van der Waals surface area (Å²) in [6.07, 6.45) is 0. The summed E-state index contributed by atoms with van der Waals surface area (Å²) in [6.45, 7) is 1.04. The Kier molecular flexibility index (Phi) is 3.43. The first-order valence-corrected chi connectivity index (χ1v) is 5.05. The molecule has 0 aromatic carbocycles. The zero-order valence-electron chi connectivity index (χ0n) is 6.87. The van der Waals surface area contributed by atoms with Gasteiger partial charge in [-0.15, -0.1) is 11.3 Å². The third-order valence-electron chi connectivity index (χ3n) is 1.36. The number of thiol groups is 1. The quantitative estimate of drug-likeness (QED) is 0.710. The van der Waals surface area contributed by atoms with Gasteiger partial charge in [0.15, 0.2) is 0 Å². The van der Waals surface area contributed by atoms with Crippen LogP contribution in [0, 0.1) is 0 Å². The van der Waals surface area contributed by atoms with Crippen molar-refractivity contribution in [1.29, 1.82) is 0 Å². The molecule has 1 heterocycles. The van der Waals surface area contributed by atoms with E-state index in [4.69, 9.17) is 0 Å². The van der Waals surface area contributed by atoms with Crippen LogP contribution in [0.2, 0.25) is 0 Å². The lowest BCUT2D eigenvalue weighted by Crippen LogP contribution is -2.09. The molecule has 1 nitrogen and oxygen atoms in total. The average Bonchev–Trinajstić information content (AvgIpc) is 2.34. The van der Waals surface area contributed by atoms with E-state index in [1.54, 1.807) is 0 Å². The van der Waals surface area contributed by atoms with Crippen LogP contribution in [0.15, 0.2) is 11.4 Å². The Bertz CT molecular complexity index is 218. The Balaban J connectivity index is 2.58. The monoisotopic (exact) mass is 187 g/mol. The van der Waals surface area contributed by atoms with Crippen LogP contribution in [0.5, 0.6) is 0 Å². The predicted molar refractivity (Wildman–Crippen MR) is 54.4 cm³/mol. The smallest absolute Gasteiger partial charge is 0.0321 e. The second kappa shape index (κ2) is 4.14. The largest absolute Gasteiger partial charge is 0.304 e. The molecule has 0 unspecified atom stereocenters. The fraction of sp³-hybridized carbons (Fsp3) is 0.500. The molecule has 0 N–H and O–H groups in total. The van der Waals surface area contributed by atoms with Gasteiger partial charge in [0.05, 0.1) is 0 Å². The Hall–Kier alpha value is 0.01000. The number of rotatable bonds is 3. The molecule has 0 radical (unpaired) electrons. The van der Waals surface area contributed by atoms with Crippen molar-refractivity contribution in [2.45, 2.75) is 12.3 Å². The molecule has 1 aromatic rings. The lowest BCUT2D eigenvalue weighted by Gasteiger charge is -2.05. The Morgan fingerprint density at radius 2 is 2.27 bits per heavy atom. The maximum absolute atomic E-state index is 4.21. The molecule has 0 atom stereocenters. The van der Waals surface area contributed by atoms with E-state index in [0.717, 1.165) is 12.3 Å². The van der Waals surface area contributed by atoms with Crippen LogP contribution in [0.1, 0.15) is 10.4 Å². The van der Waals surface area contributed by atoms with Gasteiger partial charge in [-0.2, -0.15) is 12.6 Å². The van der Waals surface area contributed by atoms with Crippen molar-refractivity contribution in [3.05, 3.63) is 21.9 Å². The normalized spacial score (nSPS) is 10.9. The summed E-state index contributed by atoms with van der Waals surface area (Å²) >= 11 is 6.02.